The van der Waals surface area contributed by atoms with Gasteiger partial charge in [-0.2, -0.15) is 0 Å². The fourth-order valence-corrected chi connectivity index (χ4v) is 5.92. The molecule has 0 amide bonds. The van der Waals surface area contributed by atoms with Crippen LogP contribution in [0.1, 0.15) is 68.7 Å². The zero-order valence-electron chi connectivity index (χ0n) is 23.1. The zero-order valence-corrected chi connectivity index (χ0v) is 23.9. The normalized spacial score (nSPS) is 17.2. The number of hydrogen-bond donors (Lipinski definition) is 4. The number of thiocarbonyl (C=S) groups is 1. The van der Waals surface area contributed by atoms with E-state index in [4.69, 9.17) is 22.7 Å². The van der Waals surface area contributed by atoms with Gasteiger partial charge in [-0.3, -0.25) is 4.79 Å². The minimum atomic E-state index is -0.432. The number of aryl methyl sites for hydroxylation is 2. The number of ether oxygens (including phenoxy) is 1. The first-order chi connectivity index (χ1) is 18.1. The molecule has 38 heavy (non-hydrogen) atoms. The number of nitrogens with zero attached hydrogens (tertiary/aromatic N) is 1. The molecule has 1 aromatic heterocycles. The van der Waals surface area contributed by atoms with Crippen LogP contribution in [-0.2, 0) is 12.1 Å². The van der Waals surface area contributed by atoms with Gasteiger partial charge in [0.25, 0.3) is 5.56 Å². The summed E-state index contributed by atoms with van der Waals surface area (Å²) >= 11 is 5.80. The van der Waals surface area contributed by atoms with E-state index < -0.39 is 5.54 Å². The molecule has 3 aromatic rings. The van der Waals surface area contributed by atoms with Crippen molar-refractivity contribution in [1.82, 2.24) is 9.88 Å². The Hall–Kier alpha value is -2.94. The first kappa shape index (κ1) is 28.1. The van der Waals surface area contributed by atoms with Crippen molar-refractivity contribution in [2.45, 2.75) is 84.5 Å². The van der Waals surface area contributed by atoms with Crippen molar-refractivity contribution in [1.29, 1.82) is 0 Å². The molecule has 0 atom stereocenters. The largest absolute Gasteiger partial charge is 0.494 e. The van der Waals surface area contributed by atoms with Gasteiger partial charge in [-0.15, -0.1) is 0 Å². The fourth-order valence-electron chi connectivity index (χ4n) is 5.59. The predicted molar refractivity (Wildman–Crippen MR) is 159 cm³/mol. The molecule has 1 saturated carbocycles. The number of benzene rings is 2. The first-order valence-electron chi connectivity index (χ1n) is 13.5. The Morgan fingerprint density at radius 3 is 2.42 bits per heavy atom. The molecule has 0 radical (unpaired) electrons. The Morgan fingerprint density at radius 1 is 1.18 bits per heavy atom. The highest BCUT2D eigenvalue weighted by Crippen LogP contribution is 2.35. The highest BCUT2D eigenvalue weighted by molar-refractivity contribution is 7.80. The maximum absolute atomic E-state index is 13.3. The molecule has 1 heterocycles. The first-order valence-corrected chi connectivity index (χ1v) is 13.9. The minimum absolute atomic E-state index is 0.0561. The maximum Gasteiger partial charge on any atom is 0.253 e. The van der Waals surface area contributed by atoms with E-state index in [9.17, 15) is 9.90 Å². The number of fused-ring (bicyclic) bond motifs is 1. The number of aliphatic hydroxyl groups excluding tert-OH is 1. The summed E-state index contributed by atoms with van der Waals surface area (Å²) in [4.78, 5) is 18.5. The van der Waals surface area contributed by atoms with Crippen LogP contribution < -0.4 is 21.3 Å². The number of aromatic nitrogens is 1. The van der Waals surface area contributed by atoms with Crippen LogP contribution in [0.4, 0.5) is 5.69 Å². The Morgan fingerprint density at radius 2 is 1.84 bits per heavy atom. The molecular formula is C30H40N4O3S. The van der Waals surface area contributed by atoms with E-state index in [0.717, 1.165) is 51.9 Å². The van der Waals surface area contributed by atoms with E-state index in [2.05, 4.69) is 37.1 Å². The average molecular weight is 537 g/mol. The van der Waals surface area contributed by atoms with Crippen LogP contribution in [0.15, 0.2) is 41.2 Å². The lowest BCUT2D eigenvalue weighted by molar-refractivity contribution is 0.0267. The smallest absolute Gasteiger partial charge is 0.253 e. The van der Waals surface area contributed by atoms with Crippen LogP contribution in [0, 0.1) is 13.8 Å². The molecule has 8 heteroatoms. The lowest BCUT2D eigenvalue weighted by atomic mass is 9.79. The molecule has 0 spiro atoms. The lowest BCUT2D eigenvalue weighted by Gasteiger charge is -2.42. The van der Waals surface area contributed by atoms with Gasteiger partial charge < -0.3 is 30.8 Å². The molecule has 0 bridgehead atoms. The topological polar surface area (TPSA) is 104 Å². The lowest BCUT2D eigenvalue weighted by Crippen LogP contribution is -2.51. The second-order valence-corrected chi connectivity index (χ2v) is 10.8. The van der Waals surface area contributed by atoms with Gasteiger partial charge in [0.1, 0.15) is 5.75 Å². The number of pyridine rings is 1. The molecule has 5 N–H and O–H groups in total. The minimum Gasteiger partial charge on any atom is -0.494 e. The SMILES string of the molecule is CCOc1ccc(NC(=S)N(Cc2cc3cc(C)c(C(N)(CC)CC)c(C)c3[nH]c2=O)C2CC(O)C2)cc1. The van der Waals surface area contributed by atoms with Gasteiger partial charge in [-0.05, 0) is 117 Å². The quantitative estimate of drug-likeness (QED) is 0.277. The summed E-state index contributed by atoms with van der Waals surface area (Å²) in [5.41, 5.74) is 11.8. The summed E-state index contributed by atoms with van der Waals surface area (Å²) in [6.45, 7) is 11.2. The van der Waals surface area contributed by atoms with Gasteiger partial charge in [0.2, 0.25) is 0 Å². The third kappa shape index (κ3) is 5.58. The number of aromatic amines is 1. The highest BCUT2D eigenvalue weighted by Gasteiger charge is 2.34. The second-order valence-electron chi connectivity index (χ2n) is 10.4. The van der Waals surface area contributed by atoms with Crippen LogP contribution in [0.5, 0.6) is 5.75 Å². The van der Waals surface area contributed by atoms with E-state index in [0.29, 0.717) is 36.7 Å². The van der Waals surface area contributed by atoms with Crippen LogP contribution in [0.2, 0.25) is 0 Å². The molecule has 1 fully saturated rings. The van der Waals surface area contributed by atoms with Crippen molar-refractivity contribution < 1.29 is 9.84 Å². The molecule has 4 rings (SSSR count). The molecule has 0 unspecified atom stereocenters. The highest BCUT2D eigenvalue weighted by atomic mass is 32.1. The number of nitrogens with one attached hydrogen (secondary N) is 2. The Bertz CT molecular complexity index is 1360. The van der Waals surface area contributed by atoms with Crippen molar-refractivity contribution in [3.63, 3.8) is 0 Å². The summed E-state index contributed by atoms with van der Waals surface area (Å²) in [7, 11) is 0. The number of nitrogens with two attached hydrogens (primary N) is 1. The van der Waals surface area contributed by atoms with E-state index in [1.165, 1.54) is 0 Å². The molecule has 1 aliphatic rings. The summed E-state index contributed by atoms with van der Waals surface area (Å²) in [6.07, 6.45) is 2.53. The van der Waals surface area contributed by atoms with E-state index >= 15 is 0 Å². The van der Waals surface area contributed by atoms with E-state index in [1.54, 1.807) is 0 Å². The average Bonchev–Trinajstić information content (AvgIpc) is 2.87. The third-order valence-corrected chi connectivity index (χ3v) is 8.31. The van der Waals surface area contributed by atoms with Crippen molar-refractivity contribution in [3.8, 4) is 5.75 Å². The molecular weight excluding hydrogens is 496 g/mol. The number of H-pyrrole nitrogens is 1. The number of aliphatic hydroxyl groups is 1. The van der Waals surface area contributed by atoms with Gasteiger partial charge in [0.15, 0.2) is 5.11 Å². The Labute approximate surface area is 230 Å². The number of hydrogen-bond acceptors (Lipinski definition) is 5. The van der Waals surface area contributed by atoms with Crippen molar-refractivity contribution in [3.05, 3.63) is 69.0 Å². The van der Waals surface area contributed by atoms with E-state index in [-0.39, 0.29) is 17.7 Å². The summed E-state index contributed by atoms with van der Waals surface area (Å²) in [5, 5.41) is 14.8. The monoisotopic (exact) mass is 536 g/mol. The van der Waals surface area contributed by atoms with Gasteiger partial charge in [-0.25, -0.2) is 0 Å². The summed E-state index contributed by atoms with van der Waals surface area (Å²) in [5.74, 6) is 0.795. The third-order valence-electron chi connectivity index (χ3n) is 7.97. The standard InChI is InChI=1S/C30H40N4O3S/c1-6-30(31,7-2)26-18(4)13-20-14-21(28(36)33-27(20)19(26)5)17-34(23-15-24(35)16-23)29(38)32-22-9-11-25(12-10-22)37-8-3/h9-14,23-24,35H,6-8,15-17,31H2,1-5H3,(H,32,38)(H,33,36). The van der Waals surface area contributed by atoms with Crippen LogP contribution in [0.25, 0.3) is 10.9 Å². The molecule has 1 aliphatic carbocycles. The molecule has 2 aromatic carbocycles. The number of anilines is 1. The van der Waals surface area contributed by atoms with Gasteiger partial charge in [0.05, 0.1) is 24.8 Å². The van der Waals surface area contributed by atoms with E-state index in [1.807, 2.05) is 49.1 Å². The molecule has 0 aliphatic heterocycles. The van der Waals surface area contributed by atoms with Crippen molar-refractivity contribution >= 4 is 33.9 Å². The van der Waals surface area contributed by atoms with Gasteiger partial charge in [0, 0.05) is 22.8 Å². The molecule has 204 valence electrons. The Balaban J connectivity index is 1.65. The summed E-state index contributed by atoms with van der Waals surface area (Å²) < 4.78 is 5.53. The van der Waals surface area contributed by atoms with Crippen molar-refractivity contribution in [2.24, 2.45) is 5.73 Å². The summed E-state index contributed by atoms with van der Waals surface area (Å²) in [6, 6.07) is 11.8. The van der Waals surface area contributed by atoms with Crippen LogP contribution in [-0.4, -0.2) is 38.9 Å². The molecule has 7 nitrogen and oxygen atoms in total. The van der Waals surface area contributed by atoms with Gasteiger partial charge >= 0.3 is 0 Å². The maximum atomic E-state index is 13.3. The predicted octanol–water partition coefficient (Wildman–Crippen LogP) is 5.24. The van der Waals surface area contributed by atoms with Crippen molar-refractivity contribution in [2.75, 3.05) is 11.9 Å². The fraction of sp³-hybridized carbons (Fsp3) is 0.467. The Kier molecular flexibility index (Phi) is 8.45. The van der Waals surface area contributed by atoms with Gasteiger partial charge in [-0.1, -0.05) is 13.8 Å². The van der Waals surface area contributed by atoms with Crippen LogP contribution in [0.3, 0.4) is 0 Å². The molecule has 0 saturated heterocycles. The number of rotatable bonds is 9. The second kappa shape index (κ2) is 11.4. The van der Waals surface area contributed by atoms with Crippen LogP contribution >= 0.6 is 12.2 Å². The zero-order chi connectivity index (χ0) is 27.6.